The third kappa shape index (κ3) is 5.61. The molecule has 1 saturated heterocycles. The lowest BCUT2D eigenvalue weighted by atomic mass is 10.3. The highest BCUT2D eigenvalue weighted by Crippen LogP contribution is 1.99. The van der Waals surface area contributed by atoms with E-state index in [0.29, 0.717) is 18.0 Å². The largest absolute Gasteiger partial charge is 0.393 e. The Labute approximate surface area is 113 Å². The lowest BCUT2D eigenvalue weighted by Gasteiger charge is -2.24. The van der Waals surface area contributed by atoms with Crippen molar-refractivity contribution in [1.82, 2.24) is 15.1 Å². The van der Waals surface area contributed by atoms with Crippen LogP contribution in [0.15, 0.2) is 0 Å². The van der Waals surface area contributed by atoms with Crippen molar-refractivity contribution in [3.05, 3.63) is 0 Å². The summed E-state index contributed by atoms with van der Waals surface area (Å²) in [6.45, 7) is 5.38. The second-order valence-electron chi connectivity index (χ2n) is 4.27. The SMILES string of the molecule is COCCN(CCC(N)=S)CCN1CCNC1=O. The van der Waals surface area contributed by atoms with E-state index in [1.165, 1.54) is 0 Å². The van der Waals surface area contributed by atoms with E-state index in [-0.39, 0.29) is 6.03 Å². The van der Waals surface area contributed by atoms with Crippen molar-refractivity contribution in [3.63, 3.8) is 0 Å². The molecule has 0 saturated carbocycles. The molecule has 0 aromatic heterocycles. The normalized spacial score (nSPS) is 15.2. The topological polar surface area (TPSA) is 70.8 Å². The molecule has 0 unspecified atom stereocenters. The first-order valence-corrected chi connectivity index (χ1v) is 6.56. The minimum Gasteiger partial charge on any atom is -0.393 e. The number of urea groups is 1. The van der Waals surface area contributed by atoms with Gasteiger partial charge in [0.05, 0.1) is 11.6 Å². The molecule has 1 aliphatic heterocycles. The van der Waals surface area contributed by atoms with E-state index in [1.807, 2.05) is 4.90 Å². The molecule has 2 amide bonds. The van der Waals surface area contributed by atoms with Gasteiger partial charge in [-0.3, -0.25) is 4.90 Å². The number of rotatable bonds is 9. The summed E-state index contributed by atoms with van der Waals surface area (Å²) in [5.74, 6) is 0. The molecule has 0 spiro atoms. The minimum absolute atomic E-state index is 0.0241. The molecule has 0 aliphatic carbocycles. The Balaban J connectivity index is 2.29. The number of nitrogens with zero attached hydrogens (tertiary/aromatic N) is 2. The smallest absolute Gasteiger partial charge is 0.317 e. The predicted octanol–water partition coefficient (Wildman–Crippen LogP) is -0.364. The lowest BCUT2D eigenvalue weighted by molar-refractivity contribution is 0.142. The number of thiocarbonyl (C=S) groups is 1. The molecule has 0 bridgehead atoms. The van der Waals surface area contributed by atoms with Crippen molar-refractivity contribution in [2.45, 2.75) is 6.42 Å². The first-order valence-electron chi connectivity index (χ1n) is 6.16. The third-order valence-electron chi connectivity index (χ3n) is 2.92. The number of nitrogens with one attached hydrogen (secondary N) is 1. The van der Waals surface area contributed by atoms with E-state index in [2.05, 4.69) is 10.2 Å². The highest BCUT2D eigenvalue weighted by molar-refractivity contribution is 7.80. The van der Waals surface area contributed by atoms with Crippen LogP contribution in [0.1, 0.15) is 6.42 Å². The summed E-state index contributed by atoms with van der Waals surface area (Å²) < 4.78 is 5.07. The van der Waals surface area contributed by atoms with E-state index in [0.717, 1.165) is 39.3 Å². The Morgan fingerprint density at radius 2 is 2.33 bits per heavy atom. The van der Waals surface area contributed by atoms with Gasteiger partial charge in [-0.05, 0) is 0 Å². The molecule has 0 aromatic carbocycles. The number of hydrogen-bond acceptors (Lipinski definition) is 4. The highest BCUT2D eigenvalue weighted by Gasteiger charge is 2.19. The highest BCUT2D eigenvalue weighted by atomic mass is 32.1. The van der Waals surface area contributed by atoms with Crippen LogP contribution in [0.4, 0.5) is 4.79 Å². The van der Waals surface area contributed by atoms with Gasteiger partial charge < -0.3 is 20.7 Å². The van der Waals surface area contributed by atoms with Crippen molar-refractivity contribution in [1.29, 1.82) is 0 Å². The number of hydrogen-bond donors (Lipinski definition) is 2. The maximum atomic E-state index is 11.4. The van der Waals surface area contributed by atoms with Crippen LogP contribution >= 0.6 is 12.2 Å². The maximum absolute atomic E-state index is 11.4. The second kappa shape index (κ2) is 8.23. The Morgan fingerprint density at radius 1 is 1.56 bits per heavy atom. The third-order valence-corrected chi connectivity index (χ3v) is 3.12. The van der Waals surface area contributed by atoms with Gasteiger partial charge in [-0.15, -0.1) is 0 Å². The molecular weight excluding hydrogens is 252 g/mol. The minimum atomic E-state index is 0.0241. The van der Waals surface area contributed by atoms with Gasteiger partial charge in [0.2, 0.25) is 0 Å². The Bertz CT molecular complexity index is 288. The van der Waals surface area contributed by atoms with Gasteiger partial charge in [-0.2, -0.15) is 0 Å². The zero-order valence-corrected chi connectivity index (χ0v) is 11.7. The van der Waals surface area contributed by atoms with Gasteiger partial charge in [0.25, 0.3) is 0 Å². The number of amides is 2. The maximum Gasteiger partial charge on any atom is 0.317 e. The van der Waals surface area contributed by atoms with E-state index >= 15 is 0 Å². The molecule has 0 atom stereocenters. The van der Waals surface area contributed by atoms with Crippen LogP contribution in [0.3, 0.4) is 0 Å². The van der Waals surface area contributed by atoms with Crippen LogP contribution in [-0.2, 0) is 4.74 Å². The van der Waals surface area contributed by atoms with Gasteiger partial charge in [0.15, 0.2) is 0 Å². The second-order valence-corrected chi connectivity index (χ2v) is 4.79. The molecule has 3 N–H and O–H groups in total. The van der Waals surface area contributed by atoms with Gasteiger partial charge in [0.1, 0.15) is 0 Å². The molecule has 1 rings (SSSR count). The molecule has 1 fully saturated rings. The molecule has 18 heavy (non-hydrogen) atoms. The van der Waals surface area contributed by atoms with Crippen LogP contribution in [0, 0.1) is 0 Å². The number of carbonyl (C=O) groups is 1. The van der Waals surface area contributed by atoms with Crippen LogP contribution in [0.5, 0.6) is 0 Å². The fourth-order valence-electron chi connectivity index (χ4n) is 1.81. The summed E-state index contributed by atoms with van der Waals surface area (Å²) >= 11 is 4.88. The average Bonchev–Trinajstić information content (AvgIpc) is 2.74. The summed E-state index contributed by atoms with van der Waals surface area (Å²) in [5.41, 5.74) is 5.51. The standard InChI is InChI=1S/C11H22N4O2S/c1-17-9-8-14(4-2-10(12)18)6-7-15-5-3-13-11(15)16/h2-9H2,1H3,(H2,12,18)(H,13,16). The lowest BCUT2D eigenvalue weighted by Crippen LogP contribution is -2.39. The molecule has 1 heterocycles. The molecule has 6 nitrogen and oxygen atoms in total. The zero-order valence-electron chi connectivity index (χ0n) is 10.9. The van der Waals surface area contributed by atoms with Crippen molar-refractivity contribution < 1.29 is 9.53 Å². The number of ether oxygens (including phenoxy) is 1. The average molecular weight is 274 g/mol. The zero-order chi connectivity index (χ0) is 13.4. The fraction of sp³-hybridized carbons (Fsp3) is 0.818. The number of carbonyl (C=O) groups excluding carboxylic acids is 1. The van der Waals surface area contributed by atoms with E-state index < -0.39 is 0 Å². The molecule has 0 aromatic rings. The van der Waals surface area contributed by atoms with Crippen molar-refractivity contribution in [3.8, 4) is 0 Å². The summed E-state index contributed by atoms with van der Waals surface area (Å²) in [7, 11) is 1.68. The molecule has 0 radical (unpaired) electrons. The van der Waals surface area contributed by atoms with Crippen LogP contribution in [0.25, 0.3) is 0 Å². The van der Waals surface area contributed by atoms with Crippen LogP contribution < -0.4 is 11.1 Å². The van der Waals surface area contributed by atoms with Gasteiger partial charge in [-0.25, -0.2) is 4.79 Å². The Kier molecular flexibility index (Phi) is 6.92. The van der Waals surface area contributed by atoms with Crippen LogP contribution in [-0.4, -0.2) is 73.8 Å². The molecule has 7 heteroatoms. The van der Waals surface area contributed by atoms with Crippen molar-refractivity contribution in [2.75, 3.05) is 53.0 Å². The summed E-state index contributed by atoms with van der Waals surface area (Å²) in [6, 6.07) is 0.0241. The van der Waals surface area contributed by atoms with Crippen molar-refractivity contribution in [2.24, 2.45) is 5.73 Å². The number of nitrogens with two attached hydrogens (primary N) is 1. The molecule has 104 valence electrons. The monoisotopic (exact) mass is 274 g/mol. The number of methoxy groups -OCH3 is 1. The summed E-state index contributed by atoms with van der Waals surface area (Å²) in [5, 5.41) is 2.79. The Hall–Kier alpha value is -0.920. The predicted molar refractivity (Wildman–Crippen MR) is 74.7 cm³/mol. The first-order chi connectivity index (χ1) is 8.63. The molecule has 1 aliphatic rings. The van der Waals surface area contributed by atoms with Crippen LogP contribution in [0.2, 0.25) is 0 Å². The van der Waals surface area contributed by atoms with Crippen molar-refractivity contribution >= 4 is 23.2 Å². The van der Waals surface area contributed by atoms with Gasteiger partial charge >= 0.3 is 6.03 Å². The quantitative estimate of drug-likeness (QED) is 0.562. The van der Waals surface area contributed by atoms with Gasteiger partial charge in [-0.1, -0.05) is 12.2 Å². The van der Waals surface area contributed by atoms with E-state index in [9.17, 15) is 4.79 Å². The first kappa shape index (κ1) is 15.1. The fourth-order valence-corrected chi connectivity index (χ4v) is 1.90. The Morgan fingerprint density at radius 3 is 2.89 bits per heavy atom. The molecular formula is C11H22N4O2S. The summed E-state index contributed by atoms with van der Waals surface area (Å²) in [6.07, 6.45) is 0.700. The van der Waals surface area contributed by atoms with E-state index in [4.69, 9.17) is 22.7 Å². The van der Waals surface area contributed by atoms with Gasteiger partial charge in [0, 0.05) is 52.8 Å². The summed E-state index contributed by atoms with van der Waals surface area (Å²) in [4.78, 5) is 16.0. The van der Waals surface area contributed by atoms with E-state index in [1.54, 1.807) is 7.11 Å².